The van der Waals surface area contributed by atoms with Crippen molar-refractivity contribution < 1.29 is 0 Å². The molecule has 1 N–H and O–H groups in total. The van der Waals surface area contributed by atoms with Gasteiger partial charge in [-0.25, -0.2) is 0 Å². The molecule has 0 aliphatic heterocycles. The number of aromatic nitrogens is 1. The summed E-state index contributed by atoms with van der Waals surface area (Å²) in [7, 11) is 2.09. The Bertz CT molecular complexity index is 540. The molecule has 94 valence electrons. The Morgan fingerprint density at radius 1 is 1.11 bits per heavy atom. The van der Waals surface area contributed by atoms with Crippen LogP contribution < -0.4 is 5.32 Å². The Hall–Kier alpha value is -1.70. The zero-order chi connectivity index (χ0) is 12.4. The maximum Gasteiger partial charge on any atom is 0.0553 e. The van der Waals surface area contributed by atoms with Gasteiger partial charge in [-0.2, -0.15) is 0 Å². The summed E-state index contributed by atoms with van der Waals surface area (Å²) in [4.78, 5) is 0. The molecular formula is C16H20N2. The first-order chi connectivity index (χ1) is 8.84. The number of nitrogens with zero attached hydrogens (tertiary/aromatic N) is 1. The average Bonchev–Trinajstić information content (AvgIpc) is 2.82. The summed E-state index contributed by atoms with van der Waals surface area (Å²) >= 11 is 0. The van der Waals surface area contributed by atoms with Gasteiger partial charge in [-0.1, -0.05) is 12.1 Å². The Balaban J connectivity index is 1.79. The van der Waals surface area contributed by atoms with Gasteiger partial charge in [0.05, 0.1) is 6.54 Å². The van der Waals surface area contributed by atoms with Crippen molar-refractivity contribution in [2.45, 2.75) is 32.2 Å². The molecule has 0 amide bonds. The SMILES string of the molecule is Cn1cccc1CNc1cccc2c1CCCC2. The molecule has 2 heteroatoms. The van der Waals surface area contributed by atoms with Gasteiger partial charge in [0.25, 0.3) is 0 Å². The van der Waals surface area contributed by atoms with E-state index < -0.39 is 0 Å². The summed E-state index contributed by atoms with van der Waals surface area (Å²) in [6, 6.07) is 10.9. The molecule has 0 saturated heterocycles. The van der Waals surface area contributed by atoms with Crippen molar-refractivity contribution in [3.8, 4) is 0 Å². The molecule has 0 atom stereocenters. The minimum absolute atomic E-state index is 0.903. The van der Waals surface area contributed by atoms with E-state index in [1.165, 1.54) is 48.2 Å². The lowest BCUT2D eigenvalue weighted by atomic mass is 9.90. The fourth-order valence-corrected chi connectivity index (χ4v) is 2.81. The molecule has 1 heterocycles. The number of hydrogen-bond acceptors (Lipinski definition) is 1. The third-order valence-corrected chi connectivity index (χ3v) is 3.91. The van der Waals surface area contributed by atoms with E-state index in [1.807, 2.05) is 0 Å². The molecular weight excluding hydrogens is 220 g/mol. The number of hydrogen-bond donors (Lipinski definition) is 1. The van der Waals surface area contributed by atoms with Crippen LogP contribution in [0, 0.1) is 0 Å². The molecule has 2 nitrogen and oxygen atoms in total. The topological polar surface area (TPSA) is 17.0 Å². The van der Waals surface area contributed by atoms with Crippen molar-refractivity contribution in [2.24, 2.45) is 7.05 Å². The first-order valence-electron chi connectivity index (χ1n) is 6.79. The third kappa shape index (κ3) is 2.15. The average molecular weight is 240 g/mol. The van der Waals surface area contributed by atoms with Gasteiger partial charge in [0, 0.05) is 24.6 Å². The van der Waals surface area contributed by atoms with Gasteiger partial charge in [0.1, 0.15) is 0 Å². The van der Waals surface area contributed by atoms with E-state index in [0.717, 1.165) is 6.54 Å². The molecule has 0 spiro atoms. The molecule has 0 bridgehead atoms. The van der Waals surface area contributed by atoms with Crippen LogP contribution in [0.3, 0.4) is 0 Å². The molecule has 1 aliphatic carbocycles. The molecule has 0 fully saturated rings. The molecule has 1 aromatic heterocycles. The predicted molar refractivity (Wildman–Crippen MR) is 75.8 cm³/mol. The summed E-state index contributed by atoms with van der Waals surface area (Å²) in [5, 5.41) is 3.60. The smallest absolute Gasteiger partial charge is 0.0553 e. The Morgan fingerprint density at radius 3 is 2.83 bits per heavy atom. The van der Waals surface area contributed by atoms with E-state index in [9.17, 15) is 0 Å². The largest absolute Gasteiger partial charge is 0.379 e. The molecule has 1 aliphatic rings. The minimum Gasteiger partial charge on any atom is -0.379 e. The van der Waals surface area contributed by atoms with E-state index in [-0.39, 0.29) is 0 Å². The van der Waals surface area contributed by atoms with Crippen LogP contribution in [-0.2, 0) is 26.4 Å². The van der Waals surface area contributed by atoms with E-state index in [4.69, 9.17) is 0 Å². The number of nitrogens with one attached hydrogen (secondary N) is 1. The summed E-state index contributed by atoms with van der Waals surface area (Å²) in [6.45, 7) is 0.903. The Morgan fingerprint density at radius 2 is 2.00 bits per heavy atom. The maximum atomic E-state index is 3.60. The van der Waals surface area contributed by atoms with Crippen molar-refractivity contribution >= 4 is 5.69 Å². The van der Waals surface area contributed by atoms with Gasteiger partial charge in [-0.3, -0.25) is 0 Å². The number of rotatable bonds is 3. The number of aryl methyl sites for hydroxylation is 2. The van der Waals surface area contributed by atoms with Crippen LogP contribution in [0.25, 0.3) is 0 Å². The van der Waals surface area contributed by atoms with Gasteiger partial charge in [0.15, 0.2) is 0 Å². The normalized spacial score (nSPS) is 14.3. The van der Waals surface area contributed by atoms with Gasteiger partial charge in [-0.15, -0.1) is 0 Å². The third-order valence-electron chi connectivity index (χ3n) is 3.91. The summed E-state index contributed by atoms with van der Waals surface area (Å²) in [5.41, 5.74) is 5.73. The summed E-state index contributed by atoms with van der Waals surface area (Å²) < 4.78 is 2.17. The lowest BCUT2D eigenvalue weighted by Gasteiger charge is -2.20. The van der Waals surface area contributed by atoms with E-state index in [2.05, 4.69) is 53.5 Å². The predicted octanol–water partition coefficient (Wildman–Crippen LogP) is 3.52. The highest BCUT2D eigenvalue weighted by Crippen LogP contribution is 2.28. The molecule has 18 heavy (non-hydrogen) atoms. The second-order valence-corrected chi connectivity index (χ2v) is 5.11. The molecule has 1 aromatic carbocycles. The van der Waals surface area contributed by atoms with Crippen molar-refractivity contribution in [3.63, 3.8) is 0 Å². The summed E-state index contributed by atoms with van der Waals surface area (Å²) in [5.74, 6) is 0. The Labute approximate surface area is 109 Å². The van der Waals surface area contributed by atoms with E-state index >= 15 is 0 Å². The second-order valence-electron chi connectivity index (χ2n) is 5.11. The second kappa shape index (κ2) is 4.89. The molecule has 0 radical (unpaired) electrons. The summed E-state index contributed by atoms with van der Waals surface area (Å²) in [6.07, 6.45) is 7.24. The van der Waals surface area contributed by atoms with Crippen LogP contribution in [0.4, 0.5) is 5.69 Å². The highest BCUT2D eigenvalue weighted by atomic mass is 15.0. The molecule has 0 saturated carbocycles. The van der Waals surface area contributed by atoms with Gasteiger partial charge < -0.3 is 9.88 Å². The molecule has 2 aromatic rings. The zero-order valence-corrected chi connectivity index (χ0v) is 10.9. The molecule has 0 unspecified atom stereocenters. The fourth-order valence-electron chi connectivity index (χ4n) is 2.81. The van der Waals surface area contributed by atoms with Crippen LogP contribution >= 0.6 is 0 Å². The number of benzene rings is 1. The maximum absolute atomic E-state index is 3.60. The van der Waals surface area contributed by atoms with Crippen LogP contribution in [0.15, 0.2) is 36.5 Å². The van der Waals surface area contributed by atoms with Crippen molar-refractivity contribution in [2.75, 3.05) is 5.32 Å². The van der Waals surface area contributed by atoms with E-state index in [1.54, 1.807) is 0 Å². The van der Waals surface area contributed by atoms with Crippen LogP contribution in [0.1, 0.15) is 29.7 Å². The zero-order valence-electron chi connectivity index (χ0n) is 10.9. The van der Waals surface area contributed by atoms with Crippen molar-refractivity contribution in [1.29, 1.82) is 0 Å². The van der Waals surface area contributed by atoms with Gasteiger partial charge >= 0.3 is 0 Å². The lowest BCUT2D eigenvalue weighted by molar-refractivity contribution is 0.686. The Kier molecular flexibility index (Phi) is 3.09. The monoisotopic (exact) mass is 240 g/mol. The molecule has 3 rings (SSSR count). The minimum atomic E-state index is 0.903. The standard InChI is InChI=1S/C16H20N2/c1-18-11-5-8-14(18)12-17-16-10-4-7-13-6-2-3-9-15(13)16/h4-5,7-8,10-11,17H,2-3,6,9,12H2,1H3. The number of anilines is 1. The van der Waals surface area contributed by atoms with Crippen LogP contribution in [0.5, 0.6) is 0 Å². The van der Waals surface area contributed by atoms with E-state index in [0.29, 0.717) is 0 Å². The quantitative estimate of drug-likeness (QED) is 0.868. The van der Waals surface area contributed by atoms with Crippen molar-refractivity contribution in [3.05, 3.63) is 53.3 Å². The first-order valence-corrected chi connectivity index (χ1v) is 6.79. The van der Waals surface area contributed by atoms with Crippen LogP contribution in [-0.4, -0.2) is 4.57 Å². The van der Waals surface area contributed by atoms with Crippen molar-refractivity contribution in [1.82, 2.24) is 4.57 Å². The highest BCUT2D eigenvalue weighted by molar-refractivity contribution is 5.55. The van der Waals surface area contributed by atoms with Gasteiger partial charge in [-0.05, 0) is 55.0 Å². The lowest BCUT2D eigenvalue weighted by Crippen LogP contribution is -2.09. The fraction of sp³-hybridized carbons (Fsp3) is 0.375. The highest BCUT2D eigenvalue weighted by Gasteiger charge is 2.12. The first kappa shape index (κ1) is 11.4. The number of fused-ring (bicyclic) bond motifs is 1. The van der Waals surface area contributed by atoms with Crippen LogP contribution in [0.2, 0.25) is 0 Å². The van der Waals surface area contributed by atoms with Gasteiger partial charge in [0.2, 0.25) is 0 Å².